The summed E-state index contributed by atoms with van der Waals surface area (Å²) >= 11 is 0. The normalized spacial score (nSPS) is 19.5. The minimum Gasteiger partial charge on any atom is -0.326 e. The van der Waals surface area contributed by atoms with Crippen LogP contribution in [-0.2, 0) is 26.0 Å². The highest BCUT2D eigenvalue weighted by atomic mass is 32.2. The van der Waals surface area contributed by atoms with Crippen molar-refractivity contribution in [1.82, 2.24) is 14.9 Å². The van der Waals surface area contributed by atoms with Gasteiger partial charge in [-0.3, -0.25) is 14.9 Å². The lowest BCUT2D eigenvalue weighted by Gasteiger charge is -2.31. The molecule has 2 saturated heterocycles. The van der Waals surface area contributed by atoms with Crippen molar-refractivity contribution in [1.29, 1.82) is 0 Å². The van der Waals surface area contributed by atoms with Gasteiger partial charge >= 0.3 is 6.03 Å². The lowest BCUT2D eigenvalue weighted by Crippen LogP contribution is -2.38. The van der Waals surface area contributed by atoms with Crippen molar-refractivity contribution < 1.29 is 22.8 Å². The van der Waals surface area contributed by atoms with Crippen LogP contribution in [0.5, 0.6) is 0 Å². The van der Waals surface area contributed by atoms with Crippen molar-refractivity contribution in [2.75, 3.05) is 18.4 Å². The third-order valence-corrected chi connectivity index (χ3v) is 8.15. The first-order valence-electron chi connectivity index (χ1n) is 11.4. The van der Waals surface area contributed by atoms with Crippen LogP contribution in [0.2, 0.25) is 0 Å². The summed E-state index contributed by atoms with van der Waals surface area (Å²) in [5.74, 6) is -0.309. The maximum atomic E-state index is 13.1. The maximum absolute atomic E-state index is 13.1. The molecule has 0 saturated carbocycles. The molecule has 1 atom stereocenters. The summed E-state index contributed by atoms with van der Waals surface area (Å²) in [4.78, 5) is 35.0. The molecule has 2 aliphatic rings. The molecule has 2 aliphatic heterocycles. The largest absolute Gasteiger partial charge is 0.326 e. The Morgan fingerprint density at radius 2 is 1.68 bits per heavy atom. The van der Waals surface area contributed by atoms with Crippen LogP contribution in [0.1, 0.15) is 31.2 Å². The number of carbonyl (C=O) groups excluding carboxylic acids is 3. The molecule has 0 aliphatic carbocycles. The van der Waals surface area contributed by atoms with Gasteiger partial charge in [-0.25, -0.2) is 13.2 Å². The Hall–Kier alpha value is -3.24. The van der Waals surface area contributed by atoms with E-state index in [0.717, 1.165) is 19.3 Å². The average molecular weight is 485 g/mol. The number of hydrogen-bond donors (Lipinski definition) is 3. The van der Waals surface area contributed by atoms with E-state index < -0.39 is 28.0 Å². The molecule has 0 spiro atoms. The second-order valence-electron chi connectivity index (χ2n) is 8.66. The number of hydrogen-bond acceptors (Lipinski definition) is 5. The van der Waals surface area contributed by atoms with Crippen LogP contribution in [-0.4, -0.2) is 49.7 Å². The van der Waals surface area contributed by atoms with Gasteiger partial charge in [0.25, 0.3) is 5.91 Å². The zero-order valence-corrected chi connectivity index (χ0v) is 19.5. The molecule has 2 aromatic carbocycles. The Balaban J connectivity index is 1.27. The van der Waals surface area contributed by atoms with Gasteiger partial charge in [-0.1, -0.05) is 30.3 Å². The maximum Gasteiger partial charge on any atom is 0.322 e. The summed E-state index contributed by atoms with van der Waals surface area (Å²) in [6.45, 7) is 0.979. The first-order chi connectivity index (χ1) is 16.3. The molecule has 0 aromatic heterocycles. The van der Waals surface area contributed by atoms with E-state index in [4.69, 9.17) is 0 Å². The number of piperidine rings is 1. The molecular weight excluding hydrogens is 456 g/mol. The Bertz CT molecular complexity index is 1140. The molecule has 34 heavy (non-hydrogen) atoms. The Morgan fingerprint density at radius 1 is 1.00 bits per heavy atom. The molecule has 4 rings (SSSR count). The SMILES string of the molecule is O=C(CC[C@@H]1NC(=O)NC1=O)Nc1ccc(S(=O)(=O)N2CCC(Cc3ccccc3)CC2)cc1. The van der Waals surface area contributed by atoms with E-state index in [-0.39, 0.29) is 23.6 Å². The minimum absolute atomic E-state index is 0.0380. The average Bonchev–Trinajstić information content (AvgIpc) is 3.16. The minimum atomic E-state index is -3.60. The predicted octanol–water partition coefficient (Wildman–Crippen LogP) is 2.26. The lowest BCUT2D eigenvalue weighted by atomic mass is 9.91. The van der Waals surface area contributed by atoms with E-state index in [1.54, 1.807) is 12.1 Å². The molecule has 2 heterocycles. The number of amides is 4. The van der Waals surface area contributed by atoms with E-state index in [2.05, 4.69) is 28.1 Å². The molecule has 10 heteroatoms. The fourth-order valence-corrected chi connectivity index (χ4v) is 5.79. The first-order valence-corrected chi connectivity index (χ1v) is 12.8. The molecular formula is C24H28N4O5S. The van der Waals surface area contributed by atoms with Gasteiger partial charge in [0, 0.05) is 25.2 Å². The highest BCUT2D eigenvalue weighted by Gasteiger charge is 2.30. The van der Waals surface area contributed by atoms with Crippen LogP contribution in [0.4, 0.5) is 10.5 Å². The molecule has 2 fully saturated rings. The van der Waals surface area contributed by atoms with Gasteiger partial charge < -0.3 is 10.6 Å². The zero-order chi connectivity index (χ0) is 24.1. The monoisotopic (exact) mass is 484 g/mol. The Morgan fingerprint density at radius 3 is 2.29 bits per heavy atom. The van der Waals surface area contributed by atoms with Crippen molar-refractivity contribution >= 4 is 33.6 Å². The predicted molar refractivity (Wildman–Crippen MR) is 126 cm³/mol. The highest BCUT2D eigenvalue weighted by Crippen LogP contribution is 2.27. The fourth-order valence-electron chi connectivity index (χ4n) is 4.32. The van der Waals surface area contributed by atoms with Crippen molar-refractivity contribution in [3.8, 4) is 0 Å². The fraction of sp³-hybridized carbons (Fsp3) is 0.375. The van der Waals surface area contributed by atoms with Gasteiger partial charge in [-0.15, -0.1) is 0 Å². The number of nitrogens with one attached hydrogen (secondary N) is 3. The number of rotatable bonds is 8. The Labute approximate surface area is 199 Å². The third-order valence-electron chi connectivity index (χ3n) is 6.24. The van der Waals surface area contributed by atoms with E-state index >= 15 is 0 Å². The first kappa shape index (κ1) is 23.9. The molecule has 0 radical (unpaired) electrons. The van der Waals surface area contributed by atoms with Crippen LogP contribution in [0, 0.1) is 5.92 Å². The van der Waals surface area contributed by atoms with Crippen LogP contribution in [0.15, 0.2) is 59.5 Å². The lowest BCUT2D eigenvalue weighted by molar-refractivity contribution is -0.120. The Kier molecular flexibility index (Phi) is 7.28. The smallest absolute Gasteiger partial charge is 0.322 e. The topological polar surface area (TPSA) is 125 Å². The van der Waals surface area contributed by atoms with Crippen LogP contribution in [0.3, 0.4) is 0 Å². The van der Waals surface area contributed by atoms with Gasteiger partial charge in [0.2, 0.25) is 15.9 Å². The molecule has 9 nitrogen and oxygen atoms in total. The molecule has 0 unspecified atom stereocenters. The van der Waals surface area contributed by atoms with E-state index in [1.165, 1.54) is 22.0 Å². The van der Waals surface area contributed by atoms with Gasteiger partial charge in [0.15, 0.2) is 0 Å². The van der Waals surface area contributed by atoms with E-state index in [9.17, 15) is 22.8 Å². The second kappa shape index (κ2) is 10.4. The summed E-state index contributed by atoms with van der Waals surface area (Å²) in [6, 6.07) is 15.1. The summed E-state index contributed by atoms with van der Waals surface area (Å²) in [5.41, 5.74) is 1.74. The van der Waals surface area contributed by atoms with Crippen LogP contribution < -0.4 is 16.0 Å². The van der Waals surface area contributed by atoms with Crippen molar-refractivity contribution in [3.05, 3.63) is 60.2 Å². The molecule has 2 aromatic rings. The number of sulfonamides is 1. The van der Waals surface area contributed by atoms with Crippen molar-refractivity contribution in [2.24, 2.45) is 5.92 Å². The highest BCUT2D eigenvalue weighted by molar-refractivity contribution is 7.89. The summed E-state index contributed by atoms with van der Waals surface area (Å²) < 4.78 is 27.6. The molecule has 4 amide bonds. The third kappa shape index (κ3) is 5.81. The van der Waals surface area contributed by atoms with Gasteiger partial charge in [0.05, 0.1) is 4.90 Å². The number of nitrogens with zero attached hydrogens (tertiary/aromatic N) is 1. The summed E-state index contributed by atoms with van der Waals surface area (Å²) in [7, 11) is -3.60. The number of anilines is 1. The quantitative estimate of drug-likeness (QED) is 0.496. The standard InChI is InChI=1S/C24H28N4O5S/c29-22(11-10-21-23(30)27-24(31)26-21)25-19-6-8-20(9-7-19)34(32,33)28-14-12-18(13-15-28)16-17-4-2-1-3-5-17/h1-9,18,21H,10-16H2,(H,25,29)(H2,26,27,30,31)/t21-/m0/s1. The van der Waals surface area contributed by atoms with E-state index in [1.807, 2.05) is 18.2 Å². The van der Waals surface area contributed by atoms with Crippen LogP contribution in [0.25, 0.3) is 0 Å². The zero-order valence-electron chi connectivity index (χ0n) is 18.7. The van der Waals surface area contributed by atoms with Gasteiger partial charge in [0.1, 0.15) is 6.04 Å². The molecule has 0 bridgehead atoms. The van der Waals surface area contributed by atoms with Gasteiger partial charge in [-0.05, 0) is 61.4 Å². The van der Waals surface area contributed by atoms with Crippen molar-refractivity contribution in [3.63, 3.8) is 0 Å². The van der Waals surface area contributed by atoms with Crippen LogP contribution >= 0.6 is 0 Å². The van der Waals surface area contributed by atoms with Crippen molar-refractivity contribution in [2.45, 2.75) is 43.0 Å². The molecule has 180 valence electrons. The number of carbonyl (C=O) groups is 3. The van der Waals surface area contributed by atoms with Gasteiger partial charge in [-0.2, -0.15) is 4.31 Å². The summed E-state index contributed by atoms with van der Waals surface area (Å²) in [6.07, 6.45) is 2.82. The number of urea groups is 1. The second-order valence-corrected chi connectivity index (χ2v) is 10.6. The summed E-state index contributed by atoms with van der Waals surface area (Å²) in [5, 5.41) is 7.25. The molecule has 3 N–H and O–H groups in total. The number of imide groups is 1. The van der Waals surface area contributed by atoms with E-state index in [0.29, 0.717) is 24.7 Å². The number of benzene rings is 2.